The van der Waals surface area contributed by atoms with Crippen molar-refractivity contribution in [3.8, 4) is 0 Å². The maximum atomic E-state index is 12.0. The molecule has 4 N–H and O–H groups in total. The molecule has 0 bridgehead atoms. The van der Waals surface area contributed by atoms with Gasteiger partial charge < -0.3 is 20.7 Å². The van der Waals surface area contributed by atoms with Crippen molar-refractivity contribution in [3.63, 3.8) is 0 Å². The lowest BCUT2D eigenvalue weighted by Crippen LogP contribution is -2.46. The van der Waals surface area contributed by atoms with Gasteiger partial charge in [-0.2, -0.15) is 0 Å². The summed E-state index contributed by atoms with van der Waals surface area (Å²) in [4.78, 5) is 12.0. The topological polar surface area (TPSA) is 101 Å². The molecule has 2 aliphatic rings. The molecule has 2 saturated carbocycles. The molecule has 1 aromatic rings. The van der Waals surface area contributed by atoms with E-state index in [1.165, 1.54) is 0 Å². The number of nitrogens with one attached hydrogen (secondary N) is 1. The number of amides is 1. The molecule has 1 aromatic heterocycles. The van der Waals surface area contributed by atoms with Crippen molar-refractivity contribution >= 4 is 11.7 Å². The molecule has 0 saturated heterocycles. The van der Waals surface area contributed by atoms with E-state index in [0.717, 1.165) is 12.8 Å². The van der Waals surface area contributed by atoms with Crippen LogP contribution in [0.15, 0.2) is 4.52 Å². The Morgan fingerprint density at radius 1 is 1.47 bits per heavy atom. The van der Waals surface area contributed by atoms with E-state index in [-0.39, 0.29) is 23.9 Å². The summed E-state index contributed by atoms with van der Waals surface area (Å²) < 4.78 is 5.11. The smallest absolute Gasteiger partial charge is 0.258 e. The maximum absolute atomic E-state index is 12.0. The van der Waals surface area contributed by atoms with Gasteiger partial charge in [-0.05, 0) is 25.7 Å². The number of anilines is 1. The van der Waals surface area contributed by atoms with Crippen molar-refractivity contribution in [1.82, 2.24) is 10.5 Å². The minimum absolute atomic E-state index is 0.0406. The first-order valence-electron chi connectivity index (χ1n) is 5.89. The second kappa shape index (κ2) is 3.73. The lowest BCUT2D eigenvalue weighted by molar-refractivity contribution is 0.0562. The maximum Gasteiger partial charge on any atom is 0.258 e. The highest BCUT2D eigenvalue weighted by Gasteiger charge is 2.36. The highest BCUT2D eigenvalue weighted by atomic mass is 16.5. The number of aromatic nitrogens is 1. The van der Waals surface area contributed by atoms with Gasteiger partial charge >= 0.3 is 0 Å². The van der Waals surface area contributed by atoms with Crippen LogP contribution in [0, 0.1) is 0 Å². The van der Waals surface area contributed by atoms with Crippen molar-refractivity contribution in [3.05, 3.63) is 11.3 Å². The van der Waals surface area contributed by atoms with Crippen LogP contribution in [-0.2, 0) is 0 Å². The third kappa shape index (κ3) is 1.88. The molecular formula is C11H15N3O3. The van der Waals surface area contributed by atoms with E-state index in [0.29, 0.717) is 30.1 Å². The second-order valence-electron chi connectivity index (χ2n) is 4.88. The SMILES string of the molecule is Nc1noc(C2CC2)c1C(=O)NC1CC(O)C1. The zero-order chi connectivity index (χ0) is 12.0. The zero-order valence-corrected chi connectivity index (χ0v) is 9.35. The molecule has 0 aliphatic heterocycles. The van der Waals surface area contributed by atoms with Gasteiger partial charge in [0, 0.05) is 12.0 Å². The highest BCUT2D eigenvalue weighted by Crippen LogP contribution is 2.43. The lowest BCUT2D eigenvalue weighted by Gasteiger charge is -2.31. The molecule has 0 unspecified atom stereocenters. The number of hydrogen-bond donors (Lipinski definition) is 3. The summed E-state index contributed by atoms with van der Waals surface area (Å²) in [5.74, 6) is 0.833. The fourth-order valence-corrected chi connectivity index (χ4v) is 2.13. The van der Waals surface area contributed by atoms with Crippen molar-refractivity contribution < 1.29 is 14.4 Å². The van der Waals surface area contributed by atoms with Crippen molar-refractivity contribution in [2.45, 2.75) is 43.7 Å². The molecule has 2 aliphatic carbocycles. The number of nitrogen functional groups attached to an aromatic ring is 1. The Labute approximate surface area is 98.2 Å². The molecule has 0 aromatic carbocycles. The molecule has 3 rings (SSSR count). The number of aliphatic hydroxyl groups excluding tert-OH is 1. The third-order valence-electron chi connectivity index (χ3n) is 3.37. The number of rotatable bonds is 3. The van der Waals surface area contributed by atoms with Gasteiger partial charge in [-0.3, -0.25) is 4.79 Å². The van der Waals surface area contributed by atoms with E-state index in [1.807, 2.05) is 0 Å². The highest BCUT2D eigenvalue weighted by molar-refractivity contribution is 5.99. The normalized spacial score (nSPS) is 27.6. The van der Waals surface area contributed by atoms with Crippen LogP contribution >= 0.6 is 0 Å². The van der Waals surface area contributed by atoms with Crippen molar-refractivity contribution in [1.29, 1.82) is 0 Å². The summed E-state index contributed by atoms with van der Waals surface area (Å²) in [6.07, 6.45) is 2.97. The molecule has 6 heteroatoms. The molecule has 0 radical (unpaired) electrons. The quantitative estimate of drug-likeness (QED) is 0.705. The summed E-state index contributed by atoms with van der Waals surface area (Å²) in [6, 6.07) is 0.0406. The predicted octanol–water partition coefficient (Wildman–Crippen LogP) is 0.387. The number of nitrogens with zero attached hydrogens (tertiary/aromatic N) is 1. The second-order valence-corrected chi connectivity index (χ2v) is 4.88. The molecular weight excluding hydrogens is 222 g/mol. The van der Waals surface area contributed by atoms with Crippen molar-refractivity contribution in [2.24, 2.45) is 0 Å². The van der Waals surface area contributed by atoms with Gasteiger partial charge in [0.15, 0.2) is 11.6 Å². The standard InChI is InChI=1S/C11H15N3O3/c12-10-8(9(17-14-10)5-1-2-5)11(16)13-6-3-7(15)4-6/h5-7,15H,1-4H2,(H2,12,14)(H,13,16). The van der Waals surface area contributed by atoms with Crippen LogP contribution in [0.1, 0.15) is 47.7 Å². The van der Waals surface area contributed by atoms with E-state index < -0.39 is 0 Å². The number of aliphatic hydroxyl groups is 1. The summed E-state index contributed by atoms with van der Waals surface area (Å²) in [5, 5.41) is 15.7. The largest absolute Gasteiger partial charge is 0.393 e. The minimum atomic E-state index is -0.289. The Balaban J connectivity index is 1.73. The Bertz CT molecular complexity index is 447. The predicted molar refractivity (Wildman–Crippen MR) is 59.4 cm³/mol. The minimum Gasteiger partial charge on any atom is -0.393 e. The molecule has 2 fully saturated rings. The summed E-state index contributed by atoms with van der Waals surface area (Å²) in [5.41, 5.74) is 6.04. The van der Waals surface area contributed by atoms with Gasteiger partial charge in [-0.1, -0.05) is 5.16 Å². The van der Waals surface area contributed by atoms with Gasteiger partial charge in [0.05, 0.1) is 6.10 Å². The van der Waals surface area contributed by atoms with E-state index in [9.17, 15) is 4.79 Å². The Morgan fingerprint density at radius 2 is 2.18 bits per heavy atom. The fraction of sp³-hybridized carbons (Fsp3) is 0.636. The van der Waals surface area contributed by atoms with Crippen LogP contribution in [0.2, 0.25) is 0 Å². The van der Waals surface area contributed by atoms with Crippen LogP contribution in [0.5, 0.6) is 0 Å². The van der Waals surface area contributed by atoms with Crippen LogP contribution in [-0.4, -0.2) is 28.3 Å². The fourth-order valence-electron chi connectivity index (χ4n) is 2.13. The van der Waals surface area contributed by atoms with Crippen LogP contribution in [0.25, 0.3) is 0 Å². The lowest BCUT2D eigenvalue weighted by atomic mass is 9.89. The van der Waals surface area contributed by atoms with Crippen LogP contribution < -0.4 is 11.1 Å². The molecule has 1 heterocycles. The van der Waals surface area contributed by atoms with Gasteiger partial charge in [-0.15, -0.1) is 0 Å². The first kappa shape index (κ1) is 10.6. The first-order valence-corrected chi connectivity index (χ1v) is 5.89. The summed E-state index contributed by atoms with van der Waals surface area (Å²) >= 11 is 0. The van der Waals surface area contributed by atoms with E-state index in [1.54, 1.807) is 0 Å². The van der Waals surface area contributed by atoms with Gasteiger partial charge in [-0.25, -0.2) is 0 Å². The molecule has 17 heavy (non-hydrogen) atoms. The third-order valence-corrected chi connectivity index (χ3v) is 3.37. The van der Waals surface area contributed by atoms with E-state index >= 15 is 0 Å². The number of hydrogen-bond acceptors (Lipinski definition) is 5. The molecule has 0 atom stereocenters. The average molecular weight is 237 g/mol. The molecule has 0 spiro atoms. The van der Waals surface area contributed by atoms with Crippen LogP contribution in [0.4, 0.5) is 5.82 Å². The number of carbonyl (C=O) groups is 1. The summed E-state index contributed by atoms with van der Waals surface area (Å²) in [6.45, 7) is 0. The molecule has 1 amide bonds. The number of carbonyl (C=O) groups excluding carboxylic acids is 1. The zero-order valence-electron chi connectivity index (χ0n) is 9.35. The van der Waals surface area contributed by atoms with Gasteiger partial charge in [0.25, 0.3) is 5.91 Å². The van der Waals surface area contributed by atoms with E-state index in [2.05, 4.69) is 10.5 Å². The molecule has 6 nitrogen and oxygen atoms in total. The van der Waals surface area contributed by atoms with E-state index in [4.69, 9.17) is 15.4 Å². The molecule has 92 valence electrons. The number of nitrogens with two attached hydrogens (primary N) is 1. The monoisotopic (exact) mass is 237 g/mol. The summed E-state index contributed by atoms with van der Waals surface area (Å²) in [7, 11) is 0. The van der Waals surface area contributed by atoms with Crippen molar-refractivity contribution in [2.75, 3.05) is 5.73 Å². The first-order chi connectivity index (χ1) is 8.15. The Hall–Kier alpha value is -1.56. The van der Waals surface area contributed by atoms with Crippen LogP contribution in [0.3, 0.4) is 0 Å². The van der Waals surface area contributed by atoms with Gasteiger partial charge in [0.1, 0.15) is 5.56 Å². The van der Waals surface area contributed by atoms with Gasteiger partial charge in [0.2, 0.25) is 0 Å². The Morgan fingerprint density at radius 3 is 2.76 bits per heavy atom. The Kier molecular flexibility index (Phi) is 2.32. The average Bonchev–Trinajstić information content (AvgIpc) is 3.00.